The number of hydrogen-bond acceptors (Lipinski definition) is 3. The Bertz CT molecular complexity index is 840. The highest BCUT2D eigenvalue weighted by molar-refractivity contribution is 6.12. The lowest BCUT2D eigenvalue weighted by Gasteiger charge is -2.20. The molecule has 0 aromatic heterocycles. The molecule has 0 radical (unpaired) electrons. The first-order valence-electron chi connectivity index (χ1n) is 7.87. The molecule has 0 aliphatic carbocycles. The Hall–Kier alpha value is -2.71. The molecule has 0 N–H and O–H groups in total. The summed E-state index contributed by atoms with van der Waals surface area (Å²) in [7, 11) is 2.35. The number of hydrogen-bond donors (Lipinski definition) is 0. The molecule has 2 aromatic carbocycles. The SMILES string of the molecule is COc1cc(C)c(C(F)(F)F)c(C(=O)c2cc(OC)cc(C)c2C(F)(F)F)c1. The van der Waals surface area contributed by atoms with Crippen molar-refractivity contribution in [3.63, 3.8) is 0 Å². The van der Waals surface area contributed by atoms with Gasteiger partial charge in [-0.05, 0) is 49.2 Å². The fourth-order valence-corrected chi connectivity index (χ4v) is 3.00. The molecule has 0 amide bonds. The second-order valence-electron chi connectivity index (χ2n) is 6.06. The van der Waals surface area contributed by atoms with E-state index < -0.39 is 40.4 Å². The number of benzene rings is 2. The van der Waals surface area contributed by atoms with Gasteiger partial charge in [-0.15, -0.1) is 0 Å². The molecule has 0 spiro atoms. The second-order valence-corrected chi connectivity index (χ2v) is 6.06. The van der Waals surface area contributed by atoms with E-state index in [4.69, 9.17) is 9.47 Å². The number of carbonyl (C=O) groups is 1. The van der Waals surface area contributed by atoms with Crippen molar-refractivity contribution in [2.45, 2.75) is 26.2 Å². The van der Waals surface area contributed by atoms with E-state index >= 15 is 0 Å². The van der Waals surface area contributed by atoms with Crippen LogP contribution in [0.2, 0.25) is 0 Å². The molecule has 2 aromatic rings. The molecule has 0 aliphatic rings. The molecule has 9 heteroatoms. The average Bonchev–Trinajstić information content (AvgIpc) is 2.57. The Kier molecular flexibility index (Phi) is 5.68. The van der Waals surface area contributed by atoms with Crippen LogP contribution in [0.25, 0.3) is 0 Å². The Morgan fingerprint density at radius 3 is 1.29 bits per heavy atom. The molecule has 28 heavy (non-hydrogen) atoms. The second kappa shape index (κ2) is 7.37. The first-order chi connectivity index (χ1) is 12.8. The summed E-state index contributed by atoms with van der Waals surface area (Å²) in [6, 6.07) is 3.68. The van der Waals surface area contributed by atoms with Crippen molar-refractivity contribution >= 4 is 5.78 Å². The van der Waals surface area contributed by atoms with Crippen molar-refractivity contribution < 1.29 is 40.6 Å². The van der Waals surface area contributed by atoms with Crippen LogP contribution < -0.4 is 9.47 Å². The maximum Gasteiger partial charge on any atom is 0.417 e. The number of ketones is 1. The maximum atomic E-state index is 13.5. The lowest BCUT2D eigenvalue weighted by molar-refractivity contribution is -0.138. The minimum absolute atomic E-state index is 0.0815. The topological polar surface area (TPSA) is 35.5 Å². The number of carbonyl (C=O) groups excluding carboxylic acids is 1. The summed E-state index contributed by atoms with van der Waals surface area (Å²) in [4.78, 5) is 12.9. The van der Waals surface area contributed by atoms with E-state index in [0.29, 0.717) is 0 Å². The monoisotopic (exact) mass is 406 g/mol. The van der Waals surface area contributed by atoms with Crippen molar-refractivity contribution in [2.75, 3.05) is 14.2 Å². The van der Waals surface area contributed by atoms with Crippen LogP contribution in [0.3, 0.4) is 0 Å². The van der Waals surface area contributed by atoms with Gasteiger partial charge in [0.1, 0.15) is 11.5 Å². The predicted molar refractivity (Wildman–Crippen MR) is 88.9 cm³/mol. The Labute approximate surface area is 156 Å². The molecular weight excluding hydrogens is 390 g/mol. The van der Waals surface area contributed by atoms with Crippen molar-refractivity contribution in [2.24, 2.45) is 0 Å². The Morgan fingerprint density at radius 1 is 0.714 bits per heavy atom. The van der Waals surface area contributed by atoms with Gasteiger partial charge in [0.25, 0.3) is 0 Å². The average molecular weight is 406 g/mol. The zero-order chi connectivity index (χ0) is 21.4. The summed E-state index contributed by atoms with van der Waals surface area (Å²) in [6.45, 7) is 2.20. The number of methoxy groups -OCH3 is 2. The van der Waals surface area contributed by atoms with E-state index in [9.17, 15) is 31.1 Å². The largest absolute Gasteiger partial charge is 0.497 e. The number of rotatable bonds is 4. The predicted octanol–water partition coefficient (Wildman–Crippen LogP) is 5.59. The van der Waals surface area contributed by atoms with Crippen LogP contribution in [0.5, 0.6) is 11.5 Å². The van der Waals surface area contributed by atoms with Crippen molar-refractivity contribution in [1.82, 2.24) is 0 Å². The minimum Gasteiger partial charge on any atom is -0.497 e. The standard InChI is InChI=1S/C19H16F6O3/c1-9-5-11(27-3)7-13(15(9)18(20,21)22)17(26)14-8-12(28-4)6-10(2)16(14)19(23,24)25/h5-8H,1-4H3. The summed E-state index contributed by atoms with van der Waals surface area (Å²) in [5.41, 5.74) is -5.17. The molecule has 152 valence electrons. The molecule has 2 rings (SSSR count). The number of halogens is 6. The number of ether oxygens (including phenoxy) is 2. The van der Waals surface area contributed by atoms with Crippen molar-refractivity contribution in [1.29, 1.82) is 0 Å². The van der Waals surface area contributed by atoms with Crippen LogP contribution >= 0.6 is 0 Å². The van der Waals surface area contributed by atoms with Gasteiger partial charge in [0, 0.05) is 11.1 Å². The van der Waals surface area contributed by atoms with E-state index in [-0.39, 0.29) is 22.6 Å². The molecule has 0 bridgehead atoms. The maximum absolute atomic E-state index is 13.5. The quantitative estimate of drug-likeness (QED) is 0.491. The van der Waals surface area contributed by atoms with Crippen LogP contribution in [0, 0.1) is 13.8 Å². The van der Waals surface area contributed by atoms with Crippen molar-refractivity contribution in [3.8, 4) is 11.5 Å². The zero-order valence-electron chi connectivity index (χ0n) is 15.3. The van der Waals surface area contributed by atoms with Gasteiger partial charge in [-0.1, -0.05) is 0 Å². The summed E-state index contributed by atoms with van der Waals surface area (Å²) in [6.07, 6.45) is -9.90. The van der Waals surface area contributed by atoms with Gasteiger partial charge in [0.05, 0.1) is 25.3 Å². The van der Waals surface area contributed by atoms with Crippen LogP contribution in [-0.2, 0) is 12.4 Å². The van der Waals surface area contributed by atoms with Crippen LogP contribution in [0.4, 0.5) is 26.3 Å². The third-order valence-electron chi connectivity index (χ3n) is 4.15. The van der Waals surface area contributed by atoms with Gasteiger partial charge in [-0.2, -0.15) is 26.3 Å². The molecule has 0 atom stereocenters. The minimum atomic E-state index is -4.95. The van der Waals surface area contributed by atoms with Gasteiger partial charge in [-0.3, -0.25) is 4.79 Å². The van der Waals surface area contributed by atoms with Gasteiger partial charge in [0.15, 0.2) is 5.78 Å². The Morgan fingerprint density at radius 2 is 1.04 bits per heavy atom. The fraction of sp³-hybridized carbons (Fsp3) is 0.316. The van der Waals surface area contributed by atoms with Gasteiger partial charge in [-0.25, -0.2) is 0 Å². The van der Waals surface area contributed by atoms with Crippen LogP contribution in [-0.4, -0.2) is 20.0 Å². The van der Waals surface area contributed by atoms with Crippen LogP contribution in [0.1, 0.15) is 38.2 Å². The smallest absolute Gasteiger partial charge is 0.417 e. The highest BCUT2D eigenvalue weighted by Crippen LogP contribution is 2.41. The molecule has 0 aliphatic heterocycles. The lowest BCUT2D eigenvalue weighted by Crippen LogP contribution is -2.20. The summed E-state index contributed by atoms with van der Waals surface area (Å²) in [5, 5.41) is 0. The van der Waals surface area contributed by atoms with E-state index in [1.165, 1.54) is 14.2 Å². The summed E-state index contributed by atoms with van der Waals surface area (Å²) in [5.74, 6) is -1.59. The molecule has 0 unspecified atom stereocenters. The third-order valence-corrected chi connectivity index (χ3v) is 4.15. The van der Waals surface area contributed by atoms with Gasteiger partial charge in [0.2, 0.25) is 0 Å². The summed E-state index contributed by atoms with van der Waals surface area (Å²) < 4.78 is 91.0. The Balaban J connectivity index is 2.87. The first-order valence-corrected chi connectivity index (χ1v) is 7.87. The molecule has 0 saturated carbocycles. The fourth-order valence-electron chi connectivity index (χ4n) is 3.00. The van der Waals surface area contributed by atoms with E-state index in [2.05, 4.69) is 0 Å². The molecule has 0 fully saturated rings. The van der Waals surface area contributed by atoms with Gasteiger partial charge < -0.3 is 9.47 Å². The highest BCUT2D eigenvalue weighted by Gasteiger charge is 2.41. The molecule has 0 saturated heterocycles. The zero-order valence-corrected chi connectivity index (χ0v) is 15.3. The van der Waals surface area contributed by atoms with Crippen LogP contribution in [0.15, 0.2) is 24.3 Å². The normalized spacial score (nSPS) is 12.1. The van der Waals surface area contributed by atoms with Crippen molar-refractivity contribution in [3.05, 3.63) is 57.6 Å². The third kappa shape index (κ3) is 4.07. The van der Waals surface area contributed by atoms with E-state index in [1.807, 2.05) is 0 Å². The van der Waals surface area contributed by atoms with E-state index in [0.717, 1.165) is 38.1 Å². The van der Waals surface area contributed by atoms with E-state index in [1.54, 1.807) is 0 Å². The van der Waals surface area contributed by atoms with Gasteiger partial charge >= 0.3 is 12.4 Å². The molecule has 3 nitrogen and oxygen atoms in total. The lowest BCUT2D eigenvalue weighted by atomic mass is 9.90. The number of alkyl halides is 6. The summed E-state index contributed by atoms with van der Waals surface area (Å²) >= 11 is 0. The first kappa shape index (κ1) is 21.6. The highest BCUT2D eigenvalue weighted by atomic mass is 19.4. The molecular formula is C19H16F6O3. The molecule has 0 heterocycles. The number of aryl methyl sites for hydroxylation is 2.